The zero-order valence-corrected chi connectivity index (χ0v) is 13.1. The highest BCUT2D eigenvalue weighted by Gasteiger charge is 2.12. The molecular formula is C13H8Cl2FN3O2S. The molecule has 0 unspecified atom stereocenters. The van der Waals surface area contributed by atoms with Crippen molar-refractivity contribution in [2.75, 3.05) is 10.6 Å². The van der Waals surface area contributed by atoms with E-state index in [0.29, 0.717) is 15.7 Å². The smallest absolute Gasteiger partial charge is 0.271 e. The Morgan fingerprint density at radius 2 is 1.82 bits per heavy atom. The molecule has 0 atom stereocenters. The maximum absolute atomic E-state index is 13.6. The molecule has 0 amide bonds. The summed E-state index contributed by atoms with van der Waals surface area (Å²) in [7, 11) is 0. The van der Waals surface area contributed by atoms with Gasteiger partial charge in [-0.3, -0.25) is 10.1 Å². The number of benzene rings is 2. The number of halogens is 3. The summed E-state index contributed by atoms with van der Waals surface area (Å²) in [6.45, 7) is 0. The molecule has 0 heterocycles. The lowest BCUT2D eigenvalue weighted by Gasteiger charge is -2.12. The molecular weight excluding hydrogens is 352 g/mol. The Hall–Kier alpha value is -1.96. The maximum atomic E-state index is 13.6. The first-order valence-electron chi connectivity index (χ1n) is 5.84. The van der Waals surface area contributed by atoms with Crippen molar-refractivity contribution in [3.8, 4) is 0 Å². The van der Waals surface area contributed by atoms with Crippen molar-refractivity contribution in [2.45, 2.75) is 0 Å². The first-order chi connectivity index (χ1) is 10.4. The van der Waals surface area contributed by atoms with E-state index in [2.05, 4.69) is 10.6 Å². The zero-order valence-electron chi connectivity index (χ0n) is 10.8. The molecule has 0 aliphatic carbocycles. The van der Waals surface area contributed by atoms with Crippen LogP contribution < -0.4 is 10.6 Å². The number of nitrogens with one attached hydrogen (secondary N) is 2. The van der Waals surface area contributed by atoms with Gasteiger partial charge in [0, 0.05) is 17.2 Å². The summed E-state index contributed by atoms with van der Waals surface area (Å²) in [4.78, 5) is 10.1. The number of nitro benzene ring substituents is 1. The van der Waals surface area contributed by atoms with Crippen LogP contribution in [0.25, 0.3) is 0 Å². The molecule has 9 heteroatoms. The molecule has 0 aliphatic heterocycles. The second-order valence-electron chi connectivity index (χ2n) is 4.12. The molecule has 5 nitrogen and oxygen atoms in total. The molecule has 22 heavy (non-hydrogen) atoms. The van der Waals surface area contributed by atoms with Crippen LogP contribution in [-0.2, 0) is 0 Å². The molecule has 0 radical (unpaired) electrons. The number of hydrogen-bond donors (Lipinski definition) is 2. The quantitative estimate of drug-likeness (QED) is 0.465. The topological polar surface area (TPSA) is 67.2 Å². The van der Waals surface area contributed by atoms with Crippen LogP contribution in [0.2, 0.25) is 10.0 Å². The number of rotatable bonds is 3. The molecule has 2 aromatic carbocycles. The van der Waals surface area contributed by atoms with Gasteiger partial charge in [-0.1, -0.05) is 23.2 Å². The highest BCUT2D eigenvalue weighted by Crippen LogP contribution is 2.26. The third kappa shape index (κ3) is 4.03. The van der Waals surface area contributed by atoms with Crippen molar-refractivity contribution >= 4 is 57.6 Å². The van der Waals surface area contributed by atoms with E-state index in [1.165, 1.54) is 6.07 Å². The van der Waals surface area contributed by atoms with Crippen LogP contribution in [0.5, 0.6) is 0 Å². The number of nitro groups is 1. The van der Waals surface area contributed by atoms with Crippen molar-refractivity contribution in [3.05, 3.63) is 62.4 Å². The van der Waals surface area contributed by atoms with Crippen molar-refractivity contribution in [2.24, 2.45) is 0 Å². The second kappa shape index (κ2) is 6.87. The van der Waals surface area contributed by atoms with Gasteiger partial charge in [0.1, 0.15) is 5.82 Å². The van der Waals surface area contributed by atoms with Crippen LogP contribution >= 0.6 is 35.4 Å². The molecule has 2 N–H and O–H groups in total. The Bertz CT molecular complexity index is 758. The lowest BCUT2D eigenvalue weighted by Crippen LogP contribution is -2.20. The van der Waals surface area contributed by atoms with E-state index in [0.717, 1.165) is 18.2 Å². The summed E-state index contributed by atoms with van der Waals surface area (Å²) in [5, 5.41) is 16.8. The molecule has 0 aromatic heterocycles. The summed E-state index contributed by atoms with van der Waals surface area (Å²) in [6, 6.07) is 7.81. The van der Waals surface area contributed by atoms with E-state index in [1.807, 2.05) is 0 Å². The van der Waals surface area contributed by atoms with E-state index in [-0.39, 0.29) is 16.5 Å². The Balaban J connectivity index is 2.15. The van der Waals surface area contributed by atoms with E-state index >= 15 is 0 Å². The summed E-state index contributed by atoms with van der Waals surface area (Å²) >= 11 is 16.8. The average Bonchev–Trinajstić information content (AvgIpc) is 2.44. The van der Waals surface area contributed by atoms with Gasteiger partial charge in [-0.15, -0.1) is 0 Å². The van der Waals surface area contributed by atoms with Crippen LogP contribution in [0.1, 0.15) is 0 Å². The van der Waals surface area contributed by atoms with E-state index in [9.17, 15) is 14.5 Å². The third-order valence-corrected chi connectivity index (χ3v) is 3.34. The van der Waals surface area contributed by atoms with E-state index < -0.39 is 10.7 Å². The monoisotopic (exact) mass is 359 g/mol. The Kier molecular flexibility index (Phi) is 5.12. The van der Waals surface area contributed by atoms with Gasteiger partial charge in [0.2, 0.25) is 0 Å². The summed E-state index contributed by atoms with van der Waals surface area (Å²) < 4.78 is 13.6. The molecule has 0 fully saturated rings. The Morgan fingerprint density at radius 1 is 1.14 bits per heavy atom. The Labute approximate surface area is 140 Å². The number of non-ortho nitro benzene ring substituents is 1. The number of nitrogens with zero attached hydrogens (tertiary/aromatic N) is 1. The molecule has 0 bridgehead atoms. The van der Waals surface area contributed by atoms with Crippen LogP contribution in [0.3, 0.4) is 0 Å². The average molecular weight is 360 g/mol. The van der Waals surface area contributed by atoms with Crippen LogP contribution in [0.4, 0.5) is 21.5 Å². The lowest BCUT2D eigenvalue weighted by atomic mass is 10.2. The minimum Gasteiger partial charge on any atom is -0.331 e. The standard InChI is InChI=1S/C13H8Cl2FN3O2S/c14-7-1-4-11(9(15)5-7)17-13(22)18-12-6-8(19(20)21)2-3-10(12)16/h1-6H,(H2,17,18,22). The maximum Gasteiger partial charge on any atom is 0.271 e. The number of thiocarbonyl (C=S) groups is 1. The van der Waals surface area contributed by atoms with Gasteiger partial charge in [-0.25, -0.2) is 4.39 Å². The summed E-state index contributed by atoms with van der Waals surface area (Å²) in [5.74, 6) is -0.669. The molecule has 0 aliphatic rings. The summed E-state index contributed by atoms with van der Waals surface area (Å²) in [6.07, 6.45) is 0. The van der Waals surface area contributed by atoms with Gasteiger partial charge >= 0.3 is 0 Å². The molecule has 0 saturated heterocycles. The number of hydrogen-bond acceptors (Lipinski definition) is 3. The highest BCUT2D eigenvalue weighted by atomic mass is 35.5. The van der Waals surface area contributed by atoms with Crippen molar-refractivity contribution in [3.63, 3.8) is 0 Å². The van der Waals surface area contributed by atoms with Crippen molar-refractivity contribution < 1.29 is 9.31 Å². The summed E-state index contributed by atoms with van der Waals surface area (Å²) in [5.41, 5.74) is 0.0995. The molecule has 114 valence electrons. The lowest BCUT2D eigenvalue weighted by molar-refractivity contribution is -0.384. The largest absolute Gasteiger partial charge is 0.331 e. The molecule has 0 spiro atoms. The van der Waals surface area contributed by atoms with Gasteiger partial charge in [-0.2, -0.15) is 0 Å². The number of anilines is 2. The fourth-order valence-corrected chi connectivity index (χ4v) is 2.26. The molecule has 2 rings (SSSR count). The molecule has 2 aromatic rings. The van der Waals surface area contributed by atoms with E-state index in [4.69, 9.17) is 35.4 Å². The van der Waals surface area contributed by atoms with Gasteiger partial charge in [0.05, 0.1) is 21.3 Å². The zero-order chi connectivity index (χ0) is 16.3. The predicted molar refractivity (Wildman–Crippen MR) is 89.4 cm³/mol. The van der Waals surface area contributed by atoms with Crippen molar-refractivity contribution in [1.29, 1.82) is 0 Å². The van der Waals surface area contributed by atoms with Gasteiger partial charge < -0.3 is 10.6 Å². The van der Waals surface area contributed by atoms with Gasteiger partial charge in [0.15, 0.2) is 5.11 Å². The second-order valence-corrected chi connectivity index (χ2v) is 5.38. The minimum atomic E-state index is -0.669. The predicted octanol–water partition coefficient (Wildman–Crippen LogP) is 4.85. The fourth-order valence-electron chi connectivity index (χ4n) is 1.59. The highest BCUT2D eigenvalue weighted by molar-refractivity contribution is 7.80. The van der Waals surface area contributed by atoms with Crippen LogP contribution in [0.15, 0.2) is 36.4 Å². The molecule has 0 saturated carbocycles. The van der Waals surface area contributed by atoms with Crippen LogP contribution in [-0.4, -0.2) is 10.0 Å². The Morgan fingerprint density at radius 3 is 2.45 bits per heavy atom. The van der Waals surface area contributed by atoms with Crippen LogP contribution in [0, 0.1) is 15.9 Å². The fraction of sp³-hybridized carbons (Fsp3) is 0. The van der Waals surface area contributed by atoms with Crippen molar-refractivity contribution in [1.82, 2.24) is 0 Å². The van der Waals surface area contributed by atoms with Gasteiger partial charge in [-0.05, 0) is 36.5 Å². The SMILES string of the molecule is O=[N+]([O-])c1ccc(F)c(NC(=S)Nc2ccc(Cl)cc2Cl)c1. The van der Waals surface area contributed by atoms with Gasteiger partial charge in [0.25, 0.3) is 5.69 Å². The normalized spacial score (nSPS) is 10.1. The van der Waals surface area contributed by atoms with E-state index in [1.54, 1.807) is 12.1 Å². The first kappa shape index (κ1) is 16.4. The minimum absolute atomic E-state index is 0.0311. The first-order valence-corrected chi connectivity index (χ1v) is 7.00. The third-order valence-electron chi connectivity index (χ3n) is 2.59.